The fourth-order valence-corrected chi connectivity index (χ4v) is 4.09. The maximum atomic E-state index is 12.4. The van der Waals surface area contributed by atoms with Crippen molar-refractivity contribution >= 4 is 39.5 Å². The molecule has 0 saturated carbocycles. The number of aromatic nitrogens is 1. The number of nitrogens with one attached hydrogen (secondary N) is 2. The van der Waals surface area contributed by atoms with Crippen molar-refractivity contribution in [3.8, 4) is 0 Å². The van der Waals surface area contributed by atoms with Gasteiger partial charge in [-0.25, -0.2) is 4.98 Å². The molecule has 0 atom stereocenters. The minimum atomic E-state index is -0.196. The van der Waals surface area contributed by atoms with Crippen LogP contribution in [0.4, 0.5) is 16.5 Å². The van der Waals surface area contributed by atoms with E-state index in [1.54, 1.807) is 24.4 Å². The van der Waals surface area contributed by atoms with E-state index >= 15 is 0 Å². The Morgan fingerprint density at radius 3 is 2.48 bits per heavy atom. The van der Waals surface area contributed by atoms with E-state index in [1.165, 1.54) is 24.2 Å². The number of hydrogen-bond donors (Lipinski definition) is 2. The highest BCUT2D eigenvalue weighted by Crippen LogP contribution is 2.24. The molecule has 1 aliphatic rings. The number of carbonyl (C=O) groups excluding carboxylic acids is 2. The van der Waals surface area contributed by atoms with Gasteiger partial charge >= 0.3 is 0 Å². The Kier molecular flexibility index (Phi) is 6.86. The van der Waals surface area contributed by atoms with E-state index in [1.807, 2.05) is 48.5 Å². The first kappa shape index (κ1) is 21.0. The summed E-state index contributed by atoms with van der Waals surface area (Å²) in [5, 5.41) is 6.64. The third-order valence-electron chi connectivity index (χ3n) is 5.01. The minimum absolute atomic E-state index is 0.000125. The molecule has 7 heteroatoms. The van der Waals surface area contributed by atoms with Crippen LogP contribution in [0.1, 0.15) is 32.9 Å². The van der Waals surface area contributed by atoms with Gasteiger partial charge in [0.25, 0.3) is 5.91 Å². The van der Waals surface area contributed by atoms with Gasteiger partial charge in [-0.3, -0.25) is 14.5 Å². The molecule has 6 nitrogen and oxygen atoms in total. The Morgan fingerprint density at radius 2 is 1.74 bits per heavy atom. The fraction of sp³-hybridized carbons (Fsp3) is 0.208. The van der Waals surface area contributed by atoms with Crippen LogP contribution in [0.15, 0.2) is 72.9 Å². The highest BCUT2D eigenvalue weighted by molar-refractivity contribution is 7.17. The number of carbonyl (C=O) groups is 2. The van der Waals surface area contributed by atoms with E-state index in [0.717, 1.165) is 31.0 Å². The molecule has 2 aromatic carbocycles. The molecule has 158 valence electrons. The number of allylic oxidation sites excluding steroid dienone is 1. The lowest BCUT2D eigenvalue weighted by atomic mass is 10.1. The van der Waals surface area contributed by atoms with E-state index in [0.29, 0.717) is 15.6 Å². The van der Waals surface area contributed by atoms with Crippen LogP contribution in [0.25, 0.3) is 0 Å². The van der Waals surface area contributed by atoms with E-state index in [4.69, 9.17) is 0 Å². The summed E-state index contributed by atoms with van der Waals surface area (Å²) in [4.78, 5) is 31.8. The molecule has 2 N–H and O–H groups in total. The summed E-state index contributed by atoms with van der Waals surface area (Å²) in [5.74, 6) is -0.196. The predicted molar refractivity (Wildman–Crippen MR) is 125 cm³/mol. The van der Waals surface area contributed by atoms with Crippen molar-refractivity contribution < 1.29 is 9.59 Å². The quantitative estimate of drug-likeness (QED) is 0.388. The SMILES string of the molecule is O=C(C=CCN1CCCC1)c1ccc(Nc2ncc(C(=O)Nc3ccccc3)s2)cc1. The van der Waals surface area contributed by atoms with E-state index in [-0.39, 0.29) is 11.7 Å². The van der Waals surface area contributed by atoms with Crippen molar-refractivity contribution in [1.82, 2.24) is 9.88 Å². The minimum Gasteiger partial charge on any atom is -0.332 e. The number of amides is 1. The first-order valence-corrected chi connectivity index (χ1v) is 11.1. The average Bonchev–Trinajstić information content (AvgIpc) is 3.47. The van der Waals surface area contributed by atoms with Gasteiger partial charge in [0.05, 0.1) is 6.20 Å². The number of hydrogen-bond acceptors (Lipinski definition) is 6. The summed E-state index contributed by atoms with van der Waals surface area (Å²) in [7, 11) is 0. The van der Waals surface area contributed by atoms with Crippen molar-refractivity contribution in [1.29, 1.82) is 0 Å². The zero-order valence-electron chi connectivity index (χ0n) is 17.1. The van der Waals surface area contributed by atoms with Gasteiger partial charge in [0, 0.05) is 23.5 Å². The molecule has 0 radical (unpaired) electrons. The van der Waals surface area contributed by atoms with Crippen LogP contribution in [-0.4, -0.2) is 41.2 Å². The second kappa shape index (κ2) is 10.1. The standard InChI is InChI=1S/C24H24N4O2S/c29-21(9-6-16-28-14-4-5-15-28)18-10-12-20(13-11-18)27-24-25-17-22(31-24)23(30)26-19-7-2-1-3-8-19/h1-3,6-13,17H,4-5,14-16H2,(H,25,27)(H,26,30). The van der Waals surface area contributed by atoms with Crippen LogP contribution >= 0.6 is 11.3 Å². The van der Waals surface area contributed by atoms with Gasteiger partial charge in [-0.05, 0) is 68.4 Å². The van der Waals surface area contributed by atoms with Gasteiger partial charge in [0.2, 0.25) is 0 Å². The first-order chi connectivity index (χ1) is 15.2. The molecule has 1 aromatic heterocycles. The Bertz CT molecular complexity index is 1050. The summed E-state index contributed by atoms with van der Waals surface area (Å²) in [5.41, 5.74) is 2.19. The molecule has 0 aliphatic carbocycles. The number of likely N-dealkylation sites (tertiary alicyclic amines) is 1. The lowest BCUT2D eigenvalue weighted by Crippen LogP contribution is -2.18. The van der Waals surface area contributed by atoms with Gasteiger partial charge in [-0.2, -0.15) is 0 Å². The van der Waals surface area contributed by atoms with Gasteiger partial charge in [0.1, 0.15) is 4.88 Å². The van der Waals surface area contributed by atoms with Gasteiger partial charge in [-0.15, -0.1) is 0 Å². The smallest absolute Gasteiger partial charge is 0.267 e. The number of ketones is 1. The van der Waals surface area contributed by atoms with Crippen LogP contribution in [0.5, 0.6) is 0 Å². The highest BCUT2D eigenvalue weighted by atomic mass is 32.1. The fourth-order valence-electron chi connectivity index (χ4n) is 3.36. The molecule has 0 spiro atoms. The topological polar surface area (TPSA) is 74.3 Å². The van der Waals surface area contributed by atoms with E-state index < -0.39 is 0 Å². The summed E-state index contributed by atoms with van der Waals surface area (Å²) >= 11 is 1.27. The number of benzene rings is 2. The van der Waals surface area contributed by atoms with Crippen LogP contribution < -0.4 is 10.6 Å². The Labute approximate surface area is 185 Å². The summed E-state index contributed by atoms with van der Waals surface area (Å²) in [6, 6.07) is 16.6. The van der Waals surface area contributed by atoms with Gasteiger partial charge in [0.15, 0.2) is 10.9 Å². The molecular formula is C24H24N4O2S. The normalized spacial score (nSPS) is 14.1. The van der Waals surface area contributed by atoms with E-state index in [9.17, 15) is 9.59 Å². The largest absolute Gasteiger partial charge is 0.332 e. The van der Waals surface area contributed by atoms with Crippen molar-refractivity contribution in [3.63, 3.8) is 0 Å². The molecule has 0 unspecified atom stereocenters. The Morgan fingerprint density at radius 1 is 1.00 bits per heavy atom. The zero-order valence-corrected chi connectivity index (χ0v) is 17.9. The molecule has 1 amide bonds. The van der Waals surface area contributed by atoms with Gasteiger partial charge < -0.3 is 10.6 Å². The molecule has 0 bridgehead atoms. The van der Waals surface area contributed by atoms with E-state index in [2.05, 4.69) is 20.5 Å². The lowest BCUT2D eigenvalue weighted by molar-refractivity contribution is 0.102. The maximum Gasteiger partial charge on any atom is 0.267 e. The second-order valence-corrected chi connectivity index (χ2v) is 8.36. The summed E-state index contributed by atoms with van der Waals surface area (Å²) in [6.07, 6.45) is 7.63. The Balaban J connectivity index is 1.31. The number of para-hydroxylation sites is 1. The van der Waals surface area contributed by atoms with Crippen molar-refractivity contribution in [3.05, 3.63) is 83.4 Å². The van der Waals surface area contributed by atoms with Crippen molar-refractivity contribution in [2.24, 2.45) is 0 Å². The van der Waals surface area contributed by atoms with Crippen LogP contribution in [0, 0.1) is 0 Å². The summed E-state index contributed by atoms with van der Waals surface area (Å²) in [6.45, 7) is 3.06. The molecular weight excluding hydrogens is 408 g/mol. The third kappa shape index (κ3) is 5.87. The second-order valence-electron chi connectivity index (χ2n) is 7.33. The highest BCUT2D eigenvalue weighted by Gasteiger charge is 2.12. The third-order valence-corrected chi connectivity index (χ3v) is 5.92. The van der Waals surface area contributed by atoms with Gasteiger partial charge in [-0.1, -0.05) is 35.6 Å². The molecule has 1 saturated heterocycles. The van der Waals surface area contributed by atoms with Crippen molar-refractivity contribution in [2.45, 2.75) is 12.8 Å². The number of thiazole rings is 1. The monoisotopic (exact) mass is 432 g/mol. The maximum absolute atomic E-state index is 12.4. The average molecular weight is 433 g/mol. The van der Waals surface area contributed by atoms with Crippen LogP contribution in [0.3, 0.4) is 0 Å². The molecule has 2 heterocycles. The Hall–Kier alpha value is -3.29. The molecule has 3 aromatic rings. The molecule has 1 aliphatic heterocycles. The van der Waals surface area contributed by atoms with Crippen molar-refractivity contribution in [2.75, 3.05) is 30.3 Å². The lowest BCUT2D eigenvalue weighted by Gasteiger charge is -2.10. The number of anilines is 3. The molecule has 31 heavy (non-hydrogen) atoms. The molecule has 1 fully saturated rings. The number of nitrogens with zero attached hydrogens (tertiary/aromatic N) is 2. The van der Waals surface area contributed by atoms with Crippen LogP contribution in [0.2, 0.25) is 0 Å². The summed E-state index contributed by atoms with van der Waals surface area (Å²) < 4.78 is 0. The first-order valence-electron chi connectivity index (χ1n) is 10.3. The zero-order chi connectivity index (χ0) is 21.5. The molecule has 4 rings (SSSR count). The number of rotatable bonds is 8. The predicted octanol–water partition coefficient (Wildman–Crippen LogP) is 4.97. The van der Waals surface area contributed by atoms with Crippen LogP contribution in [-0.2, 0) is 0 Å².